The molecule has 1 heterocycles. The minimum atomic E-state index is -0.177. The topological polar surface area (TPSA) is 63.2 Å². The van der Waals surface area contributed by atoms with Gasteiger partial charge in [0.25, 0.3) is 5.91 Å². The van der Waals surface area contributed by atoms with E-state index in [0.717, 1.165) is 17.0 Å². The molecule has 0 aliphatic carbocycles. The number of carbonyl (C=O) groups excluding carboxylic acids is 1. The molecule has 2 aromatic carbocycles. The summed E-state index contributed by atoms with van der Waals surface area (Å²) in [4.78, 5) is 16.6. The monoisotopic (exact) mass is 395 g/mol. The van der Waals surface area contributed by atoms with Gasteiger partial charge < -0.3 is 15.4 Å². The van der Waals surface area contributed by atoms with E-state index in [1.165, 1.54) is 0 Å². The van der Waals surface area contributed by atoms with Crippen LogP contribution in [0.15, 0.2) is 66.9 Å². The minimum Gasteiger partial charge on any atom is -0.491 e. The lowest BCUT2D eigenvalue weighted by Crippen LogP contribution is -2.22. The Balaban J connectivity index is 1.55. The molecule has 6 heteroatoms. The minimum absolute atomic E-state index is 0.138. The molecular formula is C22H22ClN3O2. The van der Waals surface area contributed by atoms with E-state index in [2.05, 4.69) is 15.6 Å². The van der Waals surface area contributed by atoms with E-state index in [1.54, 1.807) is 30.5 Å². The quantitative estimate of drug-likeness (QED) is 0.577. The average molecular weight is 396 g/mol. The molecule has 0 unspecified atom stereocenters. The van der Waals surface area contributed by atoms with Crippen molar-refractivity contribution in [1.29, 1.82) is 0 Å². The fourth-order valence-corrected chi connectivity index (χ4v) is 2.65. The van der Waals surface area contributed by atoms with Gasteiger partial charge in [-0.05, 0) is 67.9 Å². The third-order valence-corrected chi connectivity index (χ3v) is 4.14. The second kappa shape index (κ2) is 9.24. The fraction of sp³-hybridized carbons (Fsp3) is 0.182. The Morgan fingerprint density at radius 2 is 1.75 bits per heavy atom. The molecule has 0 aliphatic rings. The number of nitrogens with one attached hydrogen (secondary N) is 2. The summed E-state index contributed by atoms with van der Waals surface area (Å²) in [6.45, 7) is 4.41. The molecule has 0 saturated carbocycles. The van der Waals surface area contributed by atoms with Gasteiger partial charge in [-0.25, -0.2) is 4.98 Å². The van der Waals surface area contributed by atoms with Gasteiger partial charge in [0.15, 0.2) is 0 Å². The number of benzene rings is 2. The fourth-order valence-electron chi connectivity index (χ4n) is 2.53. The van der Waals surface area contributed by atoms with Crippen LogP contribution in [0.2, 0.25) is 5.02 Å². The van der Waals surface area contributed by atoms with Crippen LogP contribution in [0.25, 0.3) is 0 Å². The third-order valence-electron chi connectivity index (χ3n) is 3.89. The van der Waals surface area contributed by atoms with Crippen molar-refractivity contribution in [3.05, 3.63) is 83.0 Å². The standard InChI is InChI=1S/C22H22ClN3O2/c1-15(2)28-20-10-8-19(9-11-20)26-21-12-5-17(14-24-21)22(27)25-13-16-3-6-18(23)7-4-16/h3-12,14-15H,13H2,1-2H3,(H,24,26)(H,25,27). The first-order valence-electron chi connectivity index (χ1n) is 9.02. The first-order chi connectivity index (χ1) is 13.5. The van der Waals surface area contributed by atoms with Crippen LogP contribution < -0.4 is 15.4 Å². The van der Waals surface area contributed by atoms with E-state index in [4.69, 9.17) is 16.3 Å². The molecule has 0 atom stereocenters. The van der Waals surface area contributed by atoms with Gasteiger partial charge in [0, 0.05) is 23.5 Å². The molecular weight excluding hydrogens is 374 g/mol. The lowest BCUT2D eigenvalue weighted by Gasteiger charge is -2.11. The number of amides is 1. The molecule has 0 bridgehead atoms. The maximum atomic E-state index is 12.3. The zero-order valence-corrected chi connectivity index (χ0v) is 16.5. The molecule has 144 valence electrons. The SMILES string of the molecule is CC(C)Oc1ccc(Nc2ccc(C(=O)NCc3ccc(Cl)cc3)cn2)cc1. The Hall–Kier alpha value is -3.05. The Morgan fingerprint density at radius 3 is 2.36 bits per heavy atom. The molecule has 3 rings (SSSR count). The first kappa shape index (κ1) is 19.7. The number of aromatic nitrogens is 1. The third kappa shape index (κ3) is 5.72. The van der Waals surface area contributed by atoms with Crippen LogP contribution in [0.1, 0.15) is 29.8 Å². The molecule has 0 radical (unpaired) electrons. The van der Waals surface area contributed by atoms with Crippen molar-refractivity contribution in [2.24, 2.45) is 0 Å². The van der Waals surface area contributed by atoms with Crippen molar-refractivity contribution in [1.82, 2.24) is 10.3 Å². The Labute approximate surface area is 169 Å². The van der Waals surface area contributed by atoms with Crippen molar-refractivity contribution in [2.75, 3.05) is 5.32 Å². The smallest absolute Gasteiger partial charge is 0.253 e. The summed E-state index contributed by atoms with van der Waals surface area (Å²) in [5, 5.41) is 6.74. The zero-order valence-electron chi connectivity index (χ0n) is 15.8. The molecule has 1 amide bonds. The number of pyridine rings is 1. The van der Waals surface area contributed by atoms with Crippen molar-refractivity contribution in [3.8, 4) is 5.75 Å². The van der Waals surface area contributed by atoms with Gasteiger partial charge in [-0.2, -0.15) is 0 Å². The van der Waals surface area contributed by atoms with Gasteiger partial charge in [0.05, 0.1) is 11.7 Å². The van der Waals surface area contributed by atoms with E-state index in [-0.39, 0.29) is 12.0 Å². The molecule has 0 fully saturated rings. The van der Waals surface area contributed by atoms with Crippen molar-refractivity contribution < 1.29 is 9.53 Å². The number of hydrogen-bond donors (Lipinski definition) is 2. The molecule has 3 aromatic rings. The van der Waals surface area contributed by atoms with Crippen molar-refractivity contribution in [2.45, 2.75) is 26.5 Å². The van der Waals surface area contributed by atoms with Gasteiger partial charge >= 0.3 is 0 Å². The van der Waals surface area contributed by atoms with E-state index >= 15 is 0 Å². The normalized spacial score (nSPS) is 10.6. The van der Waals surface area contributed by atoms with Crippen LogP contribution in [0, 0.1) is 0 Å². The number of hydrogen-bond acceptors (Lipinski definition) is 4. The summed E-state index contributed by atoms with van der Waals surface area (Å²) in [5.41, 5.74) is 2.37. The summed E-state index contributed by atoms with van der Waals surface area (Å²) in [7, 11) is 0. The van der Waals surface area contributed by atoms with Gasteiger partial charge in [-0.1, -0.05) is 23.7 Å². The van der Waals surface area contributed by atoms with Gasteiger partial charge in [0.2, 0.25) is 0 Å². The van der Waals surface area contributed by atoms with Gasteiger partial charge in [-0.15, -0.1) is 0 Å². The summed E-state index contributed by atoms with van der Waals surface area (Å²) >= 11 is 5.86. The largest absolute Gasteiger partial charge is 0.491 e. The second-order valence-electron chi connectivity index (χ2n) is 6.56. The molecule has 5 nitrogen and oxygen atoms in total. The molecule has 28 heavy (non-hydrogen) atoms. The van der Waals surface area contributed by atoms with E-state index in [0.29, 0.717) is 22.9 Å². The number of rotatable bonds is 7. The van der Waals surface area contributed by atoms with Crippen molar-refractivity contribution in [3.63, 3.8) is 0 Å². The van der Waals surface area contributed by atoms with Crippen LogP contribution in [0.4, 0.5) is 11.5 Å². The lowest BCUT2D eigenvalue weighted by atomic mass is 10.2. The Kier molecular flexibility index (Phi) is 6.50. The summed E-state index contributed by atoms with van der Waals surface area (Å²) < 4.78 is 5.63. The van der Waals surface area contributed by atoms with E-state index < -0.39 is 0 Å². The zero-order chi connectivity index (χ0) is 19.9. The maximum absolute atomic E-state index is 12.3. The van der Waals surface area contributed by atoms with Crippen molar-refractivity contribution >= 4 is 29.0 Å². The molecule has 2 N–H and O–H groups in total. The number of carbonyl (C=O) groups is 1. The Morgan fingerprint density at radius 1 is 1.04 bits per heavy atom. The lowest BCUT2D eigenvalue weighted by molar-refractivity contribution is 0.0950. The highest BCUT2D eigenvalue weighted by Gasteiger charge is 2.07. The number of ether oxygens (including phenoxy) is 1. The summed E-state index contributed by atoms with van der Waals surface area (Å²) in [6, 6.07) is 18.5. The molecule has 0 saturated heterocycles. The maximum Gasteiger partial charge on any atom is 0.253 e. The van der Waals surface area contributed by atoms with Gasteiger partial charge in [0.1, 0.15) is 11.6 Å². The van der Waals surface area contributed by atoms with Crippen LogP contribution >= 0.6 is 11.6 Å². The van der Waals surface area contributed by atoms with Crippen LogP contribution in [-0.2, 0) is 6.54 Å². The summed E-state index contributed by atoms with van der Waals surface area (Å²) in [5.74, 6) is 1.30. The highest BCUT2D eigenvalue weighted by molar-refractivity contribution is 6.30. The Bertz CT molecular complexity index is 908. The average Bonchev–Trinajstić information content (AvgIpc) is 2.69. The molecule has 0 spiro atoms. The number of halogens is 1. The van der Waals surface area contributed by atoms with Crippen LogP contribution in [0.3, 0.4) is 0 Å². The second-order valence-corrected chi connectivity index (χ2v) is 6.99. The first-order valence-corrected chi connectivity index (χ1v) is 9.40. The summed E-state index contributed by atoms with van der Waals surface area (Å²) in [6.07, 6.45) is 1.69. The number of anilines is 2. The molecule has 1 aromatic heterocycles. The van der Waals surface area contributed by atoms with Crippen LogP contribution in [-0.4, -0.2) is 17.0 Å². The predicted molar refractivity (Wildman–Crippen MR) is 112 cm³/mol. The highest BCUT2D eigenvalue weighted by Crippen LogP contribution is 2.20. The van der Waals surface area contributed by atoms with Gasteiger partial charge in [-0.3, -0.25) is 4.79 Å². The van der Waals surface area contributed by atoms with Crippen LogP contribution in [0.5, 0.6) is 5.75 Å². The number of nitrogens with zero attached hydrogens (tertiary/aromatic N) is 1. The predicted octanol–water partition coefficient (Wildman–Crippen LogP) is 5.20. The van der Waals surface area contributed by atoms with E-state index in [1.807, 2.05) is 50.2 Å². The molecule has 0 aliphatic heterocycles. The van der Waals surface area contributed by atoms with E-state index in [9.17, 15) is 4.79 Å². The highest BCUT2D eigenvalue weighted by atomic mass is 35.5.